The highest BCUT2D eigenvalue weighted by atomic mass is 35.5. The van der Waals surface area contributed by atoms with E-state index in [1.54, 1.807) is 48.5 Å². The molecule has 34 nitrogen and oxygen atoms in total. The van der Waals surface area contributed by atoms with E-state index in [4.69, 9.17) is 128 Å². The maximum absolute atomic E-state index is 10.6. The number of unbranched alkanes of at least 4 members (excludes halogenated alkanes) is 3. The molecule has 2 rings (SSSR count). The number of aliphatic carboxylic acids is 6. The molecule has 0 unspecified atom stereocenters. The molecule has 0 heterocycles. The lowest BCUT2D eigenvalue weighted by Gasteiger charge is -2.23. The fourth-order valence-electron chi connectivity index (χ4n) is 5.51. The Labute approximate surface area is 465 Å². The number of nitrogens with zero attached hydrogens (tertiary/aromatic N) is 6. The summed E-state index contributed by atoms with van der Waals surface area (Å²) in [6, 6.07) is 14.1. The van der Waals surface area contributed by atoms with E-state index < -0.39 is 124 Å². The molecule has 0 fully saturated rings. The number of rotatable bonds is 30. The van der Waals surface area contributed by atoms with Gasteiger partial charge in [-0.1, -0.05) is 36.0 Å². The molecule has 0 spiro atoms. The van der Waals surface area contributed by atoms with Gasteiger partial charge in [-0.05, 0) is 61.4 Å². The molecule has 0 radical (unpaired) electrons. The molecule has 2 aromatic rings. The molecular formula is C44H70Cl2N12O22. The summed E-state index contributed by atoms with van der Waals surface area (Å²) < 4.78 is 0. The number of aliphatic hydroxyl groups excluding tert-OH is 10. The van der Waals surface area contributed by atoms with Crippen LogP contribution in [0.1, 0.15) is 25.7 Å². The number of aliphatic hydroxyl groups is 10. The summed E-state index contributed by atoms with van der Waals surface area (Å²) in [6.07, 6.45) is -12.0. The van der Waals surface area contributed by atoms with Crippen LogP contribution in [0.3, 0.4) is 0 Å². The van der Waals surface area contributed by atoms with Crippen LogP contribution in [0.25, 0.3) is 0 Å². The summed E-state index contributed by atoms with van der Waals surface area (Å²) in [5.41, 5.74) is 24.8. The number of nitrogens with one attached hydrogen (secondary N) is 2. The van der Waals surface area contributed by atoms with Crippen molar-refractivity contribution in [1.29, 1.82) is 0 Å². The van der Waals surface area contributed by atoms with E-state index in [0.717, 1.165) is 46.9 Å². The van der Waals surface area contributed by atoms with Gasteiger partial charge in [0.2, 0.25) is 23.8 Å². The van der Waals surface area contributed by atoms with E-state index in [-0.39, 0.29) is 36.9 Å². The number of anilines is 2. The number of nitrogens with two attached hydrogens (primary N) is 4. The van der Waals surface area contributed by atoms with Crippen molar-refractivity contribution in [2.75, 3.05) is 76.2 Å². The average Bonchev–Trinajstić information content (AvgIpc) is 3.37. The van der Waals surface area contributed by atoms with Crippen molar-refractivity contribution in [3.63, 3.8) is 0 Å². The maximum Gasteiger partial charge on any atom is 0.335 e. The van der Waals surface area contributed by atoms with Gasteiger partial charge >= 0.3 is 35.8 Å². The third-order valence-electron chi connectivity index (χ3n) is 9.50. The zero-order valence-corrected chi connectivity index (χ0v) is 44.0. The van der Waals surface area contributed by atoms with Crippen molar-refractivity contribution in [3.05, 3.63) is 58.6 Å². The van der Waals surface area contributed by atoms with Crippen LogP contribution in [-0.4, -0.2) is 266 Å². The van der Waals surface area contributed by atoms with Gasteiger partial charge in [-0.2, -0.15) is 9.98 Å². The molecule has 80 heavy (non-hydrogen) atoms. The highest BCUT2D eigenvalue weighted by Crippen LogP contribution is 2.14. The average molecular weight is 1190 g/mol. The van der Waals surface area contributed by atoms with Crippen LogP contribution in [0.5, 0.6) is 0 Å². The fraction of sp³-hybridized carbons (Fsp3) is 0.500. The molecule has 36 heteroatoms. The van der Waals surface area contributed by atoms with E-state index in [2.05, 4.69) is 30.6 Å². The second kappa shape index (κ2) is 41.8. The van der Waals surface area contributed by atoms with Gasteiger partial charge in [0, 0.05) is 47.6 Å². The van der Waals surface area contributed by atoms with Crippen LogP contribution >= 0.6 is 23.2 Å². The predicted molar refractivity (Wildman–Crippen MR) is 286 cm³/mol. The van der Waals surface area contributed by atoms with Gasteiger partial charge in [-0.15, -0.1) is 0 Å². The monoisotopic (exact) mass is 1190 g/mol. The predicted octanol–water partition coefficient (Wildman–Crippen LogP) is -5.72. The molecule has 0 amide bonds. The molecule has 26 N–H and O–H groups in total. The molecule has 0 saturated carbocycles. The van der Waals surface area contributed by atoms with E-state index in [9.17, 15) is 28.8 Å². The molecule has 2 aromatic carbocycles. The first-order chi connectivity index (χ1) is 37.3. The quantitative estimate of drug-likeness (QED) is 0.0197. The lowest BCUT2D eigenvalue weighted by Crippen LogP contribution is -2.48. The van der Waals surface area contributed by atoms with Crippen LogP contribution in [0.4, 0.5) is 11.4 Å². The lowest BCUT2D eigenvalue weighted by atomic mass is 10.0. The van der Waals surface area contributed by atoms with Gasteiger partial charge in [0.15, 0.2) is 12.2 Å². The molecule has 0 saturated heterocycles. The second-order valence-corrected chi connectivity index (χ2v) is 17.0. The second-order valence-electron chi connectivity index (χ2n) is 16.2. The topological polar surface area (TPSA) is 610 Å². The number of guanidine groups is 4. The third-order valence-corrected chi connectivity index (χ3v) is 10.0. The highest BCUT2D eigenvalue weighted by molar-refractivity contribution is 6.31. The van der Waals surface area contributed by atoms with Crippen LogP contribution in [0.2, 0.25) is 10.0 Å². The lowest BCUT2D eigenvalue weighted by molar-refractivity contribution is -0.164. The Bertz CT molecular complexity index is 2120. The highest BCUT2D eigenvalue weighted by Gasteiger charge is 2.35. The molecule has 0 aromatic heterocycles. The number of carboxylic acids is 6. The minimum Gasteiger partial charge on any atom is -0.480 e. The molecule has 8 atom stereocenters. The van der Waals surface area contributed by atoms with Crippen LogP contribution < -0.4 is 33.6 Å². The maximum atomic E-state index is 10.6. The van der Waals surface area contributed by atoms with Gasteiger partial charge in [0.1, 0.15) is 36.6 Å². The smallest absolute Gasteiger partial charge is 0.335 e. The van der Waals surface area contributed by atoms with Crippen molar-refractivity contribution < 1.29 is 110 Å². The summed E-state index contributed by atoms with van der Waals surface area (Å²) in [5, 5.41) is 145. The molecular weight excluding hydrogens is 1120 g/mol. The number of hydrogen-bond donors (Lipinski definition) is 22. The summed E-state index contributed by atoms with van der Waals surface area (Å²) >= 11 is 11.7. The van der Waals surface area contributed by atoms with Crippen molar-refractivity contribution in [2.24, 2.45) is 42.9 Å². The molecule has 0 aliphatic heterocycles. The summed E-state index contributed by atoms with van der Waals surface area (Å²) in [7, 11) is 0. The van der Waals surface area contributed by atoms with Gasteiger partial charge in [0.05, 0.1) is 39.4 Å². The van der Waals surface area contributed by atoms with Crippen molar-refractivity contribution in [1.82, 2.24) is 9.80 Å². The van der Waals surface area contributed by atoms with Crippen molar-refractivity contribution in [2.45, 2.75) is 74.5 Å². The molecule has 452 valence electrons. The van der Waals surface area contributed by atoms with E-state index in [1.807, 2.05) is 0 Å². The summed E-state index contributed by atoms with van der Waals surface area (Å²) in [5.74, 6) is -7.80. The van der Waals surface area contributed by atoms with Gasteiger partial charge in [-0.3, -0.25) is 39.0 Å². The summed E-state index contributed by atoms with van der Waals surface area (Å²) in [6.45, 7) is -2.81. The summed E-state index contributed by atoms with van der Waals surface area (Å²) in [4.78, 5) is 81.0. The number of halogens is 2. The zero-order valence-electron chi connectivity index (χ0n) is 42.5. The zero-order chi connectivity index (χ0) is 61.7. The third kappa shape index (κ3) is 36.8. The molecule has 0 bridgehead atoms. The van der Waals surface area contributed by atoms with Crippen molar-refractivity contribution >= 4 is 94.2 Å². The molecule has 0 aliphatic rings. The van der Waals surface area contributed by atoms with Crippen LogP contribution in [-0.2, 0) is 28.8 Å². The van der Waals surface area contributed by atoms with Gasteiger partial charge in [-0.25, -0.2) is 9.59 Å². The molecule has 0 aliphatic carbocycles. The first-order valence-corrected chi connectivity index (χ1v) is 23.9. The Morgan fingerprint density at radius 3 is 0.975 bits per heavy atom. The fourth-order valence-corrected chi connectivity index (χ4v) is 5.76. The van der Waals surface area contributed by atoms with E-state index in [0.29, 0.717) is 23.1 Å². The van der Waals surface area contributed by atoms with Crippen molar-refractivity contribution in [3.8, 4) is 0 Å². The van der Waals surface area contributed by atoms with Gasteiger partial charge in [0.25, 0.3) is 0 Å². The van der Waals surface area contributed by atoms with Crippen LogP contribution in [0, 0.1) is 0 Å². The standard InChI is InChI=1S/C22H30Cl2N10.C10H16N2O8.2C6H12O7/c23-15-5-9-17(10-6-15)31-21(27)33-19(25)29-13-3-1-2-4-14-30-20(26)34-22(28)32-18-11-7-16(24)8-12-18;13-7(14)3-11(4-8(15)16)1-2-12(5-9(17)18)6-10(19)20;2*7-1-2(8)3(9)4(10)5(11)6(12)13/h5-12H,1-4,13-14H2,(H5,25,27,29,31,33)(H5,26,28,30,32,34);1-6H2,(H,13,14)(H,15,16)(H,17,18)(H,19,20);2*2-5,7-11H,1H2,(H,12,13)/t;;2*2-,3-,4+,5-/m..11/s1. The van der Waals surface area contributed by atoms with E-state index >= 15 is 0 Å². The first-order valence-electron chi connectivity index (χ1n) is 23.1. The first kappa shape index (κ1) is 74.9. The Kier molecular flexibility index (Phi) is 39.2. The number of benzene rings is 2. The largest absolute Gasteiger partial charge is 0.480 e. The Balaban J connectivity index is 0. The minimum atomic E-state index is -2.20. The number of hydrogen-bond acceptors (Lipinski definition) is 20. The number of aliphatic imine (C=N–C) groups is 4. The SMILES string of the molecule is NC(=NCCCCCCN=C(N)/N=C(\N)Nc1ccc(Cl)cc1)/N=C(\N)Nc1ccc(Cl)cc1.O=C(O)CN(CCN(CC(=O)O)CC(=O)O)CC(=O)O.O=C(O)[C@H](O)[C@@H](O)[C@H](O)[C@H](O)CO.O=C(O)[C@H](O)[C@@H](O)[C@H](O)[C@H](O)CO. The van der Waals surface area contributed by atoms with E-state index in [1.165, 1.54) is 0 Å². The number of carboxylic acid groups (broad SMARTS) is 6. The van der Waals surface area contributed by atoms with Crippen LogP contribution in [0.15, 0.2) is 68.5 Å². The Morgan fingerprint density at radius 2 is 0.738 bits per heavy atom. The Hall–Kier alpha value is -7.16. The minimum absolute atomic E-state index is 0.0703. The number of carbonyl (C=O) groups is 6. The normalized spacial score (nSPS) is 14.9. The Morgan fingerprint density at radius 1 is 0.463 bits per heavy atom. The van der Waals surface area contributed by atoms with Gasteiger partial charge < -0.3 is 115 Å².